The molecule has 1 aliphatic carbocycles. The minimum Gasteiger partial charge on any atom is -0.461 e. The molecular formula is C20H21F4NO2. The summed E-state index contributed by atoms with van der Waals surface area (Å²) >= 11 is 0. The molecule has 2 atom stereocenters. The summed E-state index contributed by atoms with van der Waals surface area (Å²) in [6.45, 7) is 0. The molecule has 1 heterocycles. The third-order valence-electron chi connectivity index (χ3n) is 4.90. The smallest absolute Gasteiger partial charge is 0.391 e. The molecule has 1 saturated carbocycles. The van der Waals surface area contributed by atoms with E-state index in [0.29, 0.717) is 36.3 Å². The van der Waals surface area contributed by atoms with Crippen LogP contribution in [0.15, 0.2) is 40.8 Å². The van der Waals surface area contributed by atoms with Crippen molar-refractivity contribution in [2.45, 2.75) is 50.7 Å². The van der Waals surface area contributed by atoms with Crippen LogP contribution in [0.25, 0.3) is 11.3 Å². The zero-order valence-corrected chi connectivity index (χ0v) is 14.7. The van der Waals surface area contributed by atoms with Gasteiger partial charge in [-0.2, -0.15) is 13.2 Å². The van der Waals surface area contributed by atoms with Gasteiger partial charge in [0.15, 0.2) is 0 Å². The van der Waals surface area contributed by atoms with Crippen LogP contribution in [0.5, 0.6) is 0 Å². The fourth-order valence-corrected chi connectivity index (χ4v) is 3.47. The number of furan rings is 1. The van der Waals surface area contributed by atoms with E-state index >= 15 is 0 Å². The average molecular weight is 383 g/mol. The summed E-state index contributed by atoms with van der Waals surface area (Å²) in [5, 5.41) is 2.70. The molecular weight excluding hydrogens is 362 g/mol. The molecule has 1 N–H and O–H groups in total. The highest BCUT2D eigenvalue weighted by Gasteiger charge is 2.42. The monoisotopic (exact) mass is 383 g/mol. The van der Waals surface area contributed by atoms with Crippen molar-refractivity contribution < 1.29 is 26.8 Å². The van der Waals surface area contributed by atoms with Crippen LogP contribution < -0.4 is 5.32 Å². The largest absolute Gasteiger partial charge is 0.461 e. The van der Waals surface area contributed by atoms with Gasteiger partial charge in [-0.15, -0.1) is 0 Å². The van der Waals surface area contributed by atoms with E-state index in [1.165, 1.54) is 6.07 Å². The summed E-state index contributed by atoms with van der Waals surface area (Å²) in [4.78, 5) is 12.1. The summed E-state index contributed by atoms with van der Waals surface area (Å²) < 4.78 is 57.9. The van der Waals surface area contributed by atoms with Gasteiger partial charge in [-0.3, -0.25) is 4.79 Å². The first-order valence-corrected chi connectivity index (χ1v) is 9.02. The summed E-state index contributed by atoms with van der Waals surface area (Å²) in [6, 6.07) is 9.10. The van der Waals surface area contributed by atoms with Gasteiger partial charge in [0, 0.05) is 18.9 Å². The number of rotatable bonds is 5. The quantitative estimate of drug-likeness (QED) is 0.716. The molecule has 0 spiro atoms. The first-order chi connectivity index (χ1) is 12.8. The fraction of sp³-hybridized carbons (Fsp3) is 0.450. The number of hydrogen-bond donors (Lipinski definition) is 1. The van der Waals surface area contributed by atoms with Crippen LogP contribution >= 0.6 is 0 Å². The zero-order chi connectivity index (χ0) is 19.4. The van der Waals surface area contributed by atoms with Crippen molar-refractivity contribution in [3.8, 4) is 11.3 Å². The fourth-order valence-electron chi connectivity index (χ4n) is 3.47. The molecule has 2 unspecified atom stereocenters. The van der Waals surface area contributed by atoms with Crippen LogP contribution in [-0.4, -0.2) is 18.1 Å². The molecule has 1 aromatic carbocycles. The molecule has 0 saturated heterocycles. The van der Waals surface area contributed by atoms with Crippen molar-refractivity contribution in [2.75, 3.05) is 0 Å². The summed E-state index contributed by atoms with van der Waals surface area (Å²) in [5.74, 6) is -1.13. The standard InChI is InChI=1S/C20H21F4NO2/c21-17-7-2-1-6-16(17)18-10-8-15(27-18)9-11-19(26)25-14-5-3-4-13(12-14)20(22,23)24/h1-2,6-8,10,13-14H,3-5,9,11-12H2,(H,25,26). The lowest BCUT2D eigenvalue weighted by atomic mass is 9.85. The van der Waals surface area contributed by atoms with Gasteiger partial charge in [0.25, 0.3) is 0 Å². The van der Waals surface area contributed by atoms with Crippen LogP contribution in [0.2, 0.25) is 0 Å². The van der Waals surface area contributed by atoms with E-state index < -0.39 is 24.0 Å². The van der Waals surface area contributed by atoms with Crippen LogP contribution in [-0.2, 0) is 11.2 Å². The SMILES string of the molecule is O=C(CCc1ccc(-c2ccccc2F)o1)NC1CCCC(C(F)(F)F)C1. The van der Waals surface area contributed by atoms with Gasteiger partial charge >= 0.3 is 6.18 Å². The third kappa shape index (κ3) is 5.11. The molecule has 0 bridgehead atoms. The van der Waals surface area contributed by atoms with Crippen molar-refractivity contribution in [1.82, 2.24) is 5.32 Å². The Morgan fingerprint density at radius 1 is 1.15 bits per heavy atom. The lowest BCUT2D eigenvalue weighted by Gasteiger charge is -2.31. The number of carbonyl (C=O) groups is 1. The number of aryl methyl sites for hydroxylation is 1. The van der Waals surface area contributed by atoms with Crippen molar-refractivity contribution >= 4 is 5.91 Å². The van der Waals surface area contributed by atoms with E-state index in [1.54, 1.807) is 30.3 Å². The Morgan fingerprint density at radius 2 is 1.93 bits per heavy atom. The van der Waals surface area contributed by atoms with Gasteiger partial charge in [0.2, 0.25) is 5.91 Å². The van der Waals surface area contributed by atoms with Gasteiger partial charge in [0.1, 0.15) is 17.3 Å². The molecule has 3 nitrogen and oxygen atoms in total. The Kier molecular flexibility index (Phi) is 5.87. The normalized spacial score (nSPS) is 20.4. The lowest BCUT2D eigenvalue weighted by Crippen LogP contribution is -2.41. The van der Waals surface area contributed by atoms with Crippen LogP contribution in [0.1, 0.15) is 37.9 Å². The van der Waals surface area contributed by atoms with Gasteiger partial charge in [-0.1, -0.05) is 18.6 Å². The maximum atomic E-state index is 13.8. The van der Waals surface area contributed by atoms with Crippen molar-refractivity contribution in [3.05, 3.63) is 48.0 Å². The van der Waals surface area contributed by atoms with Crippen molar-refractivity contribution in [1.29, 1.82) is 0 Å². The maximum absolute atomic E-state index is 13.8. The van der Waals surface area contributed by atoms with Crippen molar-refractivity contribution in [3.63, 3.8) is 0 Å². The molecule has 0 radical (unpaired) electrons. The van der Waals surface area contributed by atoms with Gasteiger partial charge in [-0.25, -0.2) is 4.39 Å². The molecule has 1 amide bonds. The summed E-state index contributed by atoms with van der Waals surface area (Å²) in [7, 11) is 0. The predicted octanol–water partition coefficient (Wildman–Crippen LogP) is 5.26. The second-order valence-electron chi connectivity index (χ2n) is 6.92. The highest BCUT2D eigenvalue weighted by molar-refractivity contribution is 5.76. The van der Waals surface area contributed by atoms with Gasteiger partial charge < -0.3 is 9.73 Å². The van der Waals surface area contributed by atoms with Crippen molar-refractivity contribution in [2.24, 2.45) is 5.92 Å². The van der Waals surface area contributed by atoms with E-state index in [4.69, 9.17) is 4.42 Å². The molecule has 27 heavy (non-hydrogen) atoms. The molecule has 2 aromatic rings. The van der Waals surface area contributed by atoms with E-state index in [9.17, 15) is 22.4 Å². The number of hydrogen-bond acceptors (Lipinski definition) is 2. The van der Waals surface area contributed by atoms with Gasteiger partial charge in [-0.05, 0) is 43.5 Å². The molecule has 1 fully saturated rings. The van der Waals surface area contributed by atoms with E-state index in [2.05, 4.69) is 5.32 Å². The first kappa shape index (κ1) is 19.5. The molecule has 1 aromatic heterocycles. The van der Waals surface area contributed by atoms with E-state index in [1.807, 2.05) is 0 Å². The minimum atomic E-state index is -4.21. The highest BCUT2D eigenvalue weighted by atomic mass is 19.4. The Morgan fingerprint density at radius 3 is 2.67 bits per heavy atom. The number of halogens is 4. The summed E-state index contributed by atoms with van der Waals surface area (Å²) in [5.41, 5.74) is 0.341. The highest BCUT2D eigenvalue weighted by Crippen LogP contribution is 2.37. The average Bonchev–Trinajstić information content (AvgIpc) is 3.09. The zero-order valence-electron chi connectivity index (χ0n) is 14.7. The molecule has 7 heteroatoms. The van der Waals surface area contributed by atoms with E-state index in [-0.39, 0.29) is 25.2 Å². The molecule has 3 rings (SSSR count). The second-order valence-corrected chi connectivity index (χ2v) is 6.92. The second kappa shape index (κ2) is 8.15. The minimum absolute atomic E-state index is 0.0621. The third-order valence-corrected chi connectivity index (χ3v) is 4.90. The summed E-state index contributed by atoms with van der Waals surface area (Å²) in [6.07, 6.45) is -2.71. The maximum Gasteiger partial charge on any atom is 0.391 e. The Balaban J connectivity index is 1.51. The number of alkyl halides is 3. The number of nitrogens with one attached hydrogen (secondary N) is 1. The number of amides is 1. The number of benzene rings is 1. The number of carbonyl (C=O) groups excluding carboxylic acids is 1. The lowest BCUT2D eigenvalue weighted by molar-refractivity contribution is -0.184. The van der Waals surface area contributed by atoms with Crippen LogP contribution in [0.4, 0.5) is 17.6 Å². The molecule has 1 aliphatic rings. The molecule has 146 valence electrons. The predicted molar refractivity (Wildman–Crippen MR) is 92.4 cm³/mol. The Hall–Kier alpha value is -2.31. The first-order valence-electron chi connectivity index (χ1n) is 9.02. The van der Waals surface area contributed by atoms with Crippen LogP contribution in [0, 0.1) is 11.7 Å². The van der Waals surface area contributed by atoms with E-state index in [0.717, 1.165) is 0 Å². The topological polar surface area (TPSA) is 42.2 Å². The molecule has 0 aliphatic heterocycles. The Labute approximate surface area is 154 Å². The van der Waals surface area contributed by atoms with Crippen LogP contribution in [0.3, 0.4) is 0 Å². The van der Waals surface area contributed by atoms with Gasteiger partial charge in [0.05, 0.1) is 11.5 Å². The Bertz CT molecular complexity index is 784.